The van der Waals surface area contributed by atoms with E-state index in [1.54, 1.807) is 0 Å². The number of carbonyl (C=O) groups excluding carboxylic acids is 5. The molecule has 1 fully saturated rings. The third-order valence-corrected chi connectivity index (χ3v) is 8.22. The van der Waals surface area contributed by atoms with E-state index in [4.69, 9.17) is 28.8 Å². The molecule has 10 N–H and O–H groups in total. The number of carbonyl (C=O) groups is 6. The van der Waals surface area contributed by atoms with Gasteiger partial charge in [-0.25, -0.2) is 0 Å². The van der Waals surface area contributed by atoms with E-state index in [9.17, 15) is 33.9 Å². The van der Waals surface area contributed by atoms with Gasteiger partial charge in [-0.05, 0) is 54.9 Å². The van der Waals surface area contributed by atoms with Crippen LogP contribution in [0.1, 0.15) is 50.5 Å². The van der Waals surface area contributed by atoms with E-state index in [2.05, 4.69) is 20.9 Å². The highest BCUT2D eigenvalue weighted by Crippen LogP contribution is 2.21. The van der Waals surface area contributed by atoms with Crippen molar-refractivity contribution in [2.75, 3.05) is 19.0 Å². The third-order valence-electron chi connectivity index (χ3n) is 7.98. The van der Waals surface area contributed by atoms with Crippen LogP contribution in [0.25, 0.3) is 10.8 Å². The number of fused-ring (bicyclic) bond motifs is 1. The molecule has 3 rings (SSSR count). The minimum absolute atomic E-state index is 0.0512. The molecule has 2 aromatic rings. The molecule has 0 radical (unpaired) electrons. The van der Waals surface area contributed by atoms with Crippen molar-refractivity contribution in [1.82, 2.24) is 20.9 Å². The highest BCUT2D eigenvalue weighted by Gasteiger charge is 2.38. The number of nitrogens with zero attached hydrogens (tertiary/aromatic N) is 2. The number of piperidine rings is 1. The number of hydrogen-bond donors (Lipinski definition) is 7. The van der Waals surface area contributed by atoms with Crippen LogP contribution in [0.3, 0.4) is 0 Å². The zero-order chi connectivity index (χ0) is 35.2. The Balaban J connectivity index is 1.86. The van der Waals surface area contributed by atoms with Gasteiger partial charge < -0.3 is 43.2 Å². The average molecular weight is 687 g/mol. The van der Waals surface area contributed by atoms with Gasteiger partial charge in [0, 0.05) is 25.9 Å². The van der Waals surface area contributed by atoms with Crippen molar-refractivity contribution >= 4 is 63.8 Å². The molecule has 1 saturated heterocycles. The number of alkyl halides is 1. The number of primary amides is 1. The maximum atomic E-state index is 13.9. The van der Waals surface area contributed by atoms with Gasteiger partial charge in [-0.3, -0.25) is 33.8 Å². The molecule has 0 spiro atoms. The number of nitrogens with one attached hydrogen (secondary N) is 3. The summed E-state index contributed by atoms with van der Waals surface area (Å²) in [5.74, 6) is -5.05. The Hall–Kier alpha value is -4.92. The quantitative estimate of drug-likeness (QED) is 0.0505. The van der Waals surface area contributed by atoms with Crippen molar-refractivity contribution < 1.29 is 33.9 Å². The number of likely N-dealkylation sites (tertiary alicyclic amines) is 1. The van der Waals surface area contributed by atoms with Crippen LogP contribution >= 0.6 is 11.6 Å². The van der Waals surface area contributed by atoms with Crippen LogP contribution in [-0.2, 0) is 35.2 Å². The molecule has 2 aromatic carbocycles. The summed E-state index contributed by atoms with van der Waals surface area (Å²) >= 11 is 5.62. The Kier molecular flexibility index (Phi) is 14.4. The lowest BCUT2D eigenvalue weighted by Crippen LogP contribution is -2.60. The largest absolute Gasteiger partial charge is 0.481 e. The van der Waals surface area contributed by atoms with Crippen LogP contribution in [0.2, 0.25) is 0 Å². The zero-order valence-corrected chi connectivity index (χ0v) is 27.3. The predicted octanol–water partition coefficient (Wildman–Crippen LogP) is -0.140. The minimum Gasteiger partial charge on any atom is -0.481 e. The summed E-state index contributed by atoms with van der Waals surface area (Å²) in [6.45, 7) is 0.391. The molecular formula is C32H43ClN8O7. The number of carboxylic acids is 1. The van der Waals surface area contributed by atoms with Crippen molar-refractivity contribution in [3.05, 3.63) is 48.0 Å². The Morgan fingerprint density at radius 3 is 2.31 bits per heavy atom. The molecule has 0 unspecified atom stereocenters. The second-order valence-electron chi connectivity index (χ2n) is 11.6. The van der Waals surface area contributed by atoms with Gasteiger partial charge >= 0.3 is 5.97 Å². The van der Waals surface area contributed by atoms with Crippen LogP contribution in [0.4, 0.5) is 0 Å². The van der Waals surface area contributed by atoms with Crippen LogP contribution in [-0.4, -0.2) is 94.6 Å². The normalized spacial score (nSPS) is 16.2. The Bertz CT molecular complexity index is 1520. The lowest BCUT2D eigenvalue weighted by atomic mass is 9.97. The highest BCUT2D eigenvalue weighted by atomic mass is 35.5. The molecule has 15 nitrogen and oxygen atoms in total. The van der Waals surface area contributed by atoms with Crippen LogP contribution < -0.4 is 33.2 Å². The number of hydrogen-bond acceptors (Lipinski definition) is 7. The number of rotatable bonds is 17. The van der Waals surface area contributed by atoms with Gasteiger partial charge in [0.25, 0.3) is 0 Å². The summed E-state index contributed by atoms with van der Waals surface area (Å²) in [6, 6.07) is 8.80. The summed E-state index contributed by atoms with van der Waals surface area (Å²) in [5.41, 5.74) is 17.0. The molecule has 1 aliphatic heterocycles. The van der Waals surface area contributed by atoms with E-state index >= 15 is 0 Å². The standard InChI is InChI=1S/C32H43ClN8O7/c33-18-26(42)38-23(12-13-27(43)44)31(48)41-15-4-3-9-25(41)30(47)40-24(17-19-10-11-20-6-1-2-7-21(20)16-19)29(46)39-22(28(34)45)8-5-14-37-32(35)36/h1-2,6-7,10-11,16,22-25H,3-5,8-9,12-15,17-18H2,(H2,34,45)(H,38,42)(H,39,46)(H,40,47)(H,43,44)(H4,35,36,37)/t22-,23-,24-,25-/m0/s1. The average Bonchev–Trinajstić information content (AvgIpc) is 3.06. The Morgan fingerprint density at radius 1 is 0.917 bits per heavy atom. The summed E-state index contributed by atoms with van der Waals surface area (Å²) in [5, 5.41) is 19.0. The number of halogens is 1. The number of amides is 5. The van der Waals surface area contributed by atoms with E-state index in [1.165, 1.54) is 4.90 Å². The molecule has 0 bridgehead atoms. The van der Waals surface area contributed by atoms with Gasteiger partial charge in [0.15, 0.2) is 5.96 Å². The number of aliphatic imine (C=N–C) groups is 1. The monoisotopic (exact) mass is 686 g/mol. The lowest BCUT2D eigenvalue weighted by Gasteiger charge is -2.37. The molecule has 1 heterocycles. The first-order valence-corrected chi connectivity index (χ1v) is 16.2. The molecule has 0 saturated carbocycles. The van der Waals surface area contributed by atoms with Crippen molar-refractivity contribution in [1.29, 1.82) is 0 Å². The lowest BCUT2D eigenvalue weighted by molar-refractivity contribution is -0.146. The van der Waals surface area contributed by atoms with E-state index in [1.807, 2.05) is 42.5 Å². The summed E-state index contributed by atoms with van der Waals surface area (Å²) in [4.78, 5) is 82.0. The topological polar surface area (TPSA) is 252 Å². The van der Waals surface area contributed by atoms with Crippen molar-refractivity contribution in [2.24, 2.45) is 22.2 Å². The summed E-state index contributed by atoms with van der Waals surface area (Å²) in [6.07, 6.45) is 1.39. The molecule has 1 aliphatic rings. The van der Waals surface area contributed by atoms with Crippen LogP contribution in [0.15, 0.2) is 47.5 Å². The Morgan fingerprint density at radius 2 is 1.65 bits per heavy atom. The SMILES string of the molecule is NC(=O)[C@H](CCCN=C(N)N)NC(=O)[C@H](Cc1ccc2ccccc2c1)NC(=O)[C@@H]1CCCCN1C(=O)[C@H](CCC(=O)O)NC(=O)CCl. The van der Waals surface area contributed by atoms with E-state index in [0.29, 0.717) is 19.3 Å². The van der Waals surface area contributed by atoms with Crippen molar-refractivity contribution in [2.45, 2.75) is 75.5 Å². The molecule has 5 amide bonds. The fourth-order valence-electron chi connectivity index (χ4n) is 5.57. The number of nitrogens with two attached hydrogens (primary N) is 3. The van der Waals surface area contributed by atoms with Gasteiger partial charge in [-0.15, -0.1) is 11.6 Å². The predicted molar refractivity (Wildman–Crippen MR) is 179 cm³/mol. The molecule has 260 valence electrons. The van der Waals surface area contributed by atoms with E-state index in [-0.39, 0.29) is 44.7 Å². The fourth-order valence-corrected chi connectivity index (χ4v) is 5.64. The number of benzene rings is 2. The highest BCUT2D eigenvalue weighted by molar-refractivity contribution is 6.27. The molecule has 0 aromatic heterocycles. The zero-order valence-electron chi connectivity index (χ0n) is 26.5. The smallest absolute Gasteiger partial charge is 0.303 e. The number of aliphatic carboxylic acids is 1. The third kappa shape index (κ3) is 11.4. The second kappa shape index (κ2) is 18.4. The number of guanidine groups is 1. The van der Waals surface area contributed by atoms with Crippen molar-refractivity contribution in [3.8, 4) is 0 Å². The maximum absolute atomic E-state index is 13.9. The maximum Gasteiger partial charge on any atom is 0.303 e. The first-order chi connectivity index (χ1) is 22.9. The molecule has 4 atom stereocenters. The first kappa shape index (κ1) is 37.5. The minimum atomic E-state index is -1.22. The summed E-state index contributed by atoms with van der Waals surface area (Å²) in [7, 11) is 0. The van der Waals surface area contributed by atoms with Gasteiger partial charge in [0.2, 0.25) is 29.5 Å². The van der Waals surface area contributed by atoms with E-state index < -0.39 is 72.0 Å². The Labute approximate surface area is 283 Å². The van der Waals surface area contributed by atoms with E-state index in [0.717, 1.165) is 16.3 Å². The molecule has 48 heavy (non-hydrogen) atoms. The fraction of sp³-hybridized carbons (Fsp3) is 0.469. The van der Waals surface area contributed by atoms with Crippen LogP contribution in [0, 0.1) is 0 Å². The molecule has 16 heteroatoms. The number of carboxylic acid groups (broad SMARTS) is 1. The summed E-state index contributed by atoms with van der Waals surface area (Å²) < 4.78 is 0. The van der Waals surface area contributed by atoms with Gasteiger partial charge in [0.1, 0.15) is 30.0 Å². The van der Waals surface area contributed by atoms with Gasteiger partial charge in [-0.1, -0.05) is 42.5 Å². The molecule has 0 aliphatic carbocycles. The van der Waals surface area contributed by atoms with Crippen LogP contribution in [0.5, 0.6) is 0 Å². The van der Waals surface area contributed by atoms with Gasteiger partial charge in [0.05, 0.1) is 0 Å². The second-order valence-corrected chi connectivity index (χ2v) is 11.9. The molecular weight excluding hydrogens is 644 g/mol. The first-order valence-electron chi connectivity index (χ1n) is 15.7. The van der Waals surface area contributed by atoms with Crippen molar-refractivity contribution in [3.63, 3.8) is 0 Å². The van der Waals surface area contributed by atoms with Gasteiger partial charge in [-0.2, -0.15) is 0 Å².